The van der Waals surface area contributed by atoms with Crippen LogP contribution in [0.1, 0.15) is 39.0 Å². The number of carbonyl (C=O) groups is 2. The van der Waals surface area contributed by atoms with E-state index in [2.05, 4.69) is 11.4 Å². The second-order valence-electron chi connectivity index (χ2n) is 5.12. The van der Waals surface area contributed by atoms with Crippen molar-refractivity contribution in [2.75, 3.05) is 13.6 Å². The van der Waals surface area contributed by atoms with Crippen molar-refractivity contribution in [2.24, 2.45) is 5.41 Å². The molecule has 17 heavy (non-hydrogen) atoms. The zero-order valence-corrected chi connectivity index (χ0v) is 10.6. The number of amides is 2. The van der Waals surface area contributed by atoms with E-state index in [1.54, 1.807) is 11.8 Å². The van der Waals surface area contributed by atoms with Crippen molar-refractivity contribution in [1.82, 2.24) is 10.2 Å². The van der Waals surface area contributed by atoms with Gasteiger partial charge in [-0.2, -0.15) is 0 Å². The van der Waals surface area contributed by atoms with E-state index in [-0.39, 0.29) is 17.2 Å². The monoisotopic (exact) mass is 236 g/mol. The maximum Gasteiger partial charge on any atom is 0.226 e. The van der Waals surface area contributed by atoms with Crippen molar-refractivity contribution < 1.29 is 9.59 Å². The van der Waals surface area contributed by atoms with Crippen LogP contribution in [0.25, 0.3) is 0 Å². The molecule has 1 fully saturated rings. The Kier molecular flexibility index (Phi) is 3.22. The zero-order valence-electron chi connectivity index (χ0n) is 10.6. The molecule has 0 radical (unpaired) electrons. The molecule has 1 aliphatic carbocycles. The molecule has 94 valence electrons. The lowest BCUT2D eigenvalue weighted by Crippen LogP contribution is -2.49. The molecule has 1 heterocycles. The molecule has 2 aliphatic rings. The van der Waals surface area contributed by atoms with Crippen LogP contribution in [-0.2, 0) is 9.59 Å². The van der Waals surface area contributed by atoms with E-state index in [4.69, 9.17) is 0 Å². The smallest absolute Gasteiger partial charge is 0.226 e. The van der Waals surface area contributed by atoms with Gasteiger partial charge >= 0.3 is 0 Å². The van der Waals surface area contributed by atoms with E-state index in [0.29, 0.717) is 13.0 Å². The Morgan fingerprint density at radius 1 is 1.53 bits per heavy atom. The van der Waals surface area contributed by atoms with Gasteiger partial charge in [-0.05, 0) is 25.7 Å². The highest BCUT2D eigenvalue weighted by Gasteiger charge is 2.42. The summed E-state index contributed by atoms with van der Waals surface area (Å²) in [4.78, 5) is 24.6. The number of hydrogen-bond acceptors (Lipinski definition) is 2. The van der Waals surface area contributed by atoms with Crippen molar-refractivity contribution in [1.29, 1.82) is 0 Å². The standard InChI is InChI=1S/C13H20N2O2/c1-10(16)14-9-13-7-4-3-5-11(13)15(2)12(17)6-8-13/h5H,3-4,6-9H2,1-2H3,(H,14,16). The molecule has 4 nitrogen and oxygen atoms in total. The quantitative estimate of drug-likeness (QED) is 0.788. The third-order valence-electron chi connectivity index (χ3n) is 3.97. The van der Waals surface area contributed by atoms with Crippen LogP contribution in [0.4, 0.5) is 0 Å². The first-order valence-electron chi connectivity index (χ1n) is 6.27. The number of rotatable bonds is 2. The fourth-order valence-electron chi connectivity index (χ4n) is 2.98. The minimum Gasteiger partial charge on any atom is -0.355 e. The summed E-state index contributed by atoms with van der Waals surface area (Å²) in [6, 6.07) is 0. The first-order valence-corrected chi connectivity index (χ1v) is 6.27. The summed E-state index contributed by atoms with van der Waals surface area (Å²) in [5.41, 5.74) is 1.11. The van der Waals surface area contributed by atoms with Gasteiger partial charge in [-0.15, -0.1) is 0 Å². The summed E-state index contributed by atoms with van der Waals surface area (Å²) in [7, 11) is 1.85. The molecule has 0 aromatic heterocycles. The molecule has 0 saturated carbocycles. The molecule has 1 saturated heterocycles. The van der Waals surface area contributed by atoms with Crippen LogP contribution in [0.15, 0.2) is 11.8 Å². The van der Waals surface area contributed by atoms with Gasteiger partial charge in [0.25, 0.3) is 0 Å². The van der Waals surface area contributed by atoms with Crippen LogP contribution in [0, 0.1) is 5.41 Å². The highest BCUT2D eigenvalue weighted by Crippen LogP contribution is 2.45. The van der Waals surface area contributed by atoms with Crippen molar-refractivity contribution in [3.63, 3.8) is 0 Å². The zero-order chi connectivity index (χ0) is 12.5. The fraction of sp³-hybridized carbons (Fsp3) is 0.692. The second-order valence-corrected chi connectivity index (χ2v) is 5.12. The average Bonchev–Trinajstić information content (AvgIpc) is 2.32. The highest BCUT2D eigenvalue weighted by molar-refractivity contribution is 5.80. The molecule has 1 atom stereocenters. The van der Waals surface area contributed by atoms with Crippen LogP contribution in [0.5, 0.6) is 0 Å². The van der Waals surface area contributed by atoms with Gasteiger partial charge in [0.1, 0.15) is 0 Å². The predicted octanol–water partition coefficient (Wildman–Crippen LogP) is 1.43. The predicted molar refractivity (Wildman–Crippen MR) is 65.1 cm³/mol. The third kappa shape index (κ3) is 2.21. The maximum atomic E-state index is 11.7. The van der Waals surface area contributed by atoms with E-state index in [9.17, 15) is 9.59 Å². The Hall–Kier alpha value is -1.32. The largest absolute Gasteiger partial charge is 0.355 e. The van der Waals surface area contributed by atoms with Gasteiger partial charge < -0.3 is 10.2 Å². The summed E-state index contributed by atoms with van der Waals surface area (Å²) in [5.74, 6) is 0.195. The van der Waals surface area contributed by atoms with E-state index in [0.717, 1.165) is 31.4 Å². The number of piperidine rings is 1. The summed E-state index contributed by atoms with van der Waals surface area (Å²) >= 11 is 0. The number of nitrogens with zero attached hydrogens (tertiary/aromatic N) is 1. The van der Waals surface area contributed by atoms with Crippen LogP contribution < -0.4 is 5.32 Å². The van der Waals surface area contributed by atoms with Gasteiger partial charge in [0.15, 0.2) is 0 Å². The van der Waals surface area contributed by atoms with Crippen molar-refractivity contribution in [3.05, 3.63) is 11.8 Å². The van der Waals surface area contributed by atoms with E-state index in [1.807, 2.05) is 7.05 Å². The van der Waals surface area contributed by atoms with Crippen molar-refractivity contribution >= 4 is 11.8 Å². The second kappa shape index (κ2) is 4.51. The summed E-state index contributed by atoms with van der Waals surface area (Å²) in [5, 5.41) is 2.92. The SMILES string of the molecule is CC(=O)NCC12CCCC=C1N(C)C(=O)CC2. The summed E-state index contributed by atoms with van der Waals surface area (Å²) in [6.45, 7) is 2.20. The lowest BCUT2D eigenvalue weighted by atomic mass is 9.70. The Morgan fingerprint density at radius 3 is 3.00 bits per heavy atom. The molecule has 4 heteroatoms. The van der Waals surface area contributed by atoms with Gasteiger partial charge in [0.2, 0.25) is 11.8 Å². The Labute approximate surface area is 102 Å². The molecular weight excluding hydrogens is 216 g/mol. The number of carbonyl (C=O) groups excluding carboxylic acids is 2. The van der Waals surface area contributed by atoms with Gasteiger partial charge in [-0.25, -0.2) is 0 Å². The molecule has 0 bridgehead atoms. The lowest BCUT2D eigenvalue weighted by molar-refractivity contribution is -0.132. The summed E-state index contributed by atoms with van der Waals surface area (Å²) < 4.78 is 0. The average molecular weight is 236 g/mol. The minimum absolute atomic E-state index is 0.00357. The number of likely N-dealkylation sites (tertiary alicyclic amines) is 1. The molecule has 1 unspecified atom stereocenters. The number of fused-ring (bicyclic) bond motifs is 1. The molecule has 2 amide bonds. The maximum absolute atomic E-state index is 11.7. The topological polar surface area (TPSA) is 49.4 Å². The van der Waals surface area contributed by atoms with Gasteiger partial charge in [-0.1, -0.05) is 6.08 Å². The molecular formula is C13H20N2O2. The molecule has 0 spiro atoms. The van der Waals surface area contributed by atoms with E-state index < -0.39 is 0 Å². The molecule has 0 aromatic carbocycles. The van der Waals surface area contributed by atoms with Crippen LogP contribution >= 0.6 is 0 Å². The third-order valence-corrected chi connectivity index (χ3v) is 3.97. The van der Waals surface area contributed by atoms with Gasteiger partial charge in [0.05, 0.1) is 0 Å². The van der Waals surface area contributed by atoms with Crippen LogP contribution in [0.2, 0.25) is 0 Å². The van der Waals surface area contributed by atoms with E-state index in [1.165, 1.54) is 0 Å². The highest BCUT2D eigenvalue weighted by atomic mass is 16.2. The Balaban J connectivity index is 2.22. The van der Waals surface area contributed by atoms with Crippen molar-refractivity contribution in [2.45, 2.75) is 39.0 Å². The number of allylic oxidation sites excluding steroid dienone is 1. The number of hydrogen-bond donors (Lipinski definition) is 1. The summed E-state index contributed by atoms with van der Waals surface area (Å²) in [6.07, 6.45) is 6.87. The number of nitrogens with one attached hydrogen (secondary N) is 1. The molecule has 1 aliphatic heterocycles. The Bertz CT molecular complexity index is 376. The fourth-order valence-corrected chi connectivity index (χ4v) is 2.98. The lowest BCUT2D eigenvalue weighted by Gasteiger charge is -2.46. The Morgan fingerprint density at radius 2 is 2.29 bits per heavy atom. The first-order chi connectivity index (χ1) is 8.05. The van der Waals surface area contributed by atoms with Crippen LogP contribution in [-0.4, -0.2) is 30.3 Å². The first kappa shape index (κ1) is 12.1. The molecule has 2 rings (SSSR count). The van der Waals surface area contributed by atoms with Crippen molar-refractivity contribution in [3.8, 4) is 0 Å². The van der Waals surface area contributed by atoms with Gasteiger partial charge in [0, 0.05) is 38.0 Å². The molecule has 0 aromatic rings. The molecule has 1 N–H and O–H groups in total. The van der Waals surface area contributed by atoms with Crippen LogP contribution in [0.3, 0.4) is 0 Å². The van der Waals surface area contributed by atoms with Gasteiger partial charge in [-0.3, -0.25) is 9.59 Å². The van der Waals surface area contributed by atoms with E-state index >= 15 is 0 Å². The normalized spacial score (nSPS) is 28.5. The minimum atomic E-state index is -0.00736.